The van der Waals surface area contributed by atoms with Gasteiger partial charge in [-0.3, -0.25) is 0 Å². The van der Waals surface area contributed by atoms with Gasteiger partial charge in [-0.2, -0.15) is 0 Å². The van der Waals surface area contributed by atoms with Crippen LogP contribution in [0.2, 0.25) is 0 Å². The van der Waals surface area contributed by atoms with E-state index in [9.17, 15) is 0 Å². The van der Waals surface area contributed by atoms with Gasteiger partial charge in [-0.1, -0.05) is 11.8 Å². The monoisotopic (exact) mass is 264 g/mol. The Hall–Kier alpha value is -1.33. The third kappa shape index (κ3) is 3.34. The van der Waals surface area contributed by atoms with Gasteiger partial charge in [0, 0.05) is 0 Å². The minimum Gasteiger partial charge on any atom is -0.497 e. The largest absolute Gasteiger partial charge is 0.497 e. The number of alkyl halides is 1. The highest BCUT2D eigenvalue weighted by Gasteiger charge is 2.17. The fourth-order valence-corrected chi connectivity index (χ4v) is 2.22. The van der Waals surface area contributed by atoms with E-state index in [1.165, 1.54) is 12.8 Å². The van der Waals surface area contributed by atoms with Gasteiger partial charge in [0.2, 0.25) is 0 Å². The maximum atomic E-state index is 6.00. The summed E-state index contributed by atoms with van der Waals surface area (Å²) in [6.45, 7) is 0. The second-order valence-electron chi connectivity index (χ2n) is 4.32. The standard InChI is InChI=1S/C15H17ClO2/c1-17-14-8-9-15(12(11-14)5-4-10-16)18-13-6-2-3-7-13/h8-9,11,13H,2-3,6-7,10H2,1H3. The van der Waals surface area contributed by atoms with Crippen LogP contribution in [-0.2, 0) is 0 Å². The minimum absolute atomic E-state index is 0.320. The molecular formula is C15H17ClO2. The Bertz CT molecular complexity index is 453. The molecule has 1 aliphatic carbocycles. The first-order valence-electron chi connectivity index (χ1n) is 6.23. The van der Waals surface area contributed by atoms with E-state index in [-0.39, 0.29) is 0 Å². The van der Waals surface area contributed by atoms with Crippen LogP contribution in [0.25, 0.3) is 0 Å². The number of methoxy groups -OCH3 is 1. The van der Waals surface area contributed by atoms with Gasteiger partial charge in [-0.25, -0.2) is 0 Å². The topological polar surface area (TPSA) is 18.5 Å². The van der Waals surface area contributed by atoms with Gasteiger partial charge in [0.05, 0.1) is 24.7 Å². The van der Waals surface area contributed by atoms with Crippen LogP contribution in [0.1, 0.15) is 31.2 Å². The molecule has 1 aromatic rings. The average Bonchev–Trinajstić information content (AvgIpc) is 2.90. The van der Waals surface area contributed by atoms with Crippen molar-refractivity contribution >= 4 is 11.6 Å². The first-order chi connectivity index (χ1) is 8.83. The van der Waals surface area contributed by atoms with E-state index in [1.54, 1.807) is 7.11 Å². The Labute approximate surface area is 113 Å². The van der Waals surface area contributed by atoms with E-state index < -0.39 is 0 Å². The van der Waals surface area contributed by atoms with E-state index in [0.29, 0.717) is 12.0 Å². The van der Waals surface area contributed by atoms with Crippen molar-refractivity contribution in [1.82, 2.24) is 0 Å². The summed E-state index contributed by atoms with van der Waals surface area (Å²) in [4.78, 5) is 0. The minimum atomic E-state index is 0.320. The SMILES string of the molecule is COc1ccc(OC2CCCC2)c(C#CCCl)c1. The third-order valence-corrected chi connectivity index (χ3v) is 3.21. The van der Waals surface area contributed by atoms with E-state index in [0.717, 1.165) is 29.9 Å². The number of ether oxygens (including phenoxy) is 2. The fraction of sp³-hybridized carbons (Fsp3) is 0.467. The molecule has 0 heterocycles. The lowest BCUT2D eigenvalue weighted by atomic mass is 10.2. The number of benzene rings is 1. The molecule has 0 N–H and O–H groups in total. The van der Waals surface area contributed by atoms with Crippen LogP contribution in [0, 0.1) is 11.8 Å². The zero-order valence-corrected chi connectivity index (χ0v) is 11.3. The maximum absolute atomic E-state index is 6.00. The molecule has 0 atom stereocenters. The fourth-order valence-electron chi connectivity index (χ4n) is 2.15. The molecule has 0 aromatic heterocycles. The van der Waals surface area contributed by atoms with E-state index in [4.69, 9.17) is 21.1 Å². The van der Waals surface area contributed by atoms with Gasteiger partial charge in [-0.05, 0) is 43.9 Å². The van der Waals surface area contributed by atoms with Crippen LogP contribution >= 0.6 is 11.6 Å². The Morgan fingerprint density at radius 2 is 2.11 bits per heavy atom. The highest BCUT2D eigenvalue weighted by molar-refractivity contribution is 6.19. The lowest BCUT2D eigenvalue weighted by Gasteiger charge is -2.15. The maximum Gasteiger partial charge on any atom is 0.135 e. The first kappa shape index (κ1) is 13.1. The molecule has 1 aromatic carbocycles. The molecule has 0 bridgehead atoms. The molecular weight excluding hydrogens is 248 g/mol. The Morgan fingerprint density at radius 1 is 1.33 bits per heavy atom. The quantitative estimate of drug-likeness (QED) is 0.613. The van der Waals surface area contributed by atoms with Crippen LogP contribution in [0.4, 0.5) is 0 Å². The third-order valence-electron chi connectivity index (χ3n) is 3.07. The Kier molecular flexibility index (Phi) is 4.78. The van der Waals surface area contributed by atoms with Crippen molar-refractivity contribution in [1.29, 1.82) is 0 Å². The van der Waals surface area contributed by atoms with E-state index in [2.05, 4.69) is 11.8 Å². The van der Waals surface area contributed by atoms with Crippen molar-refractivity contribution < 1.29 is 9.47 Å². The zero-order valence-electron chi connectivity index (χ0n) is 10.5. The van der Waals surface area contributed by atoms with Gasteiger partial charge in [-0.15, -0.1) is 11.6 Å². The van der Waals surface area contributed by atoms with Crippen molar-refractivity contribution in [2.45, 2.75) is 31.8 Å². The summed E-state index contributed by atoms with van der Waals surface area (Å²) in [6, 6.07) is 5.72. The zero-order chi connectivity index (χ0) is 12.8. The molecule has 0 spiro atoms. The normalized spacial score (nSPS) is 15.0. The number of halogens is 1. The smallest absolute Gasteiger partial charge is 0.135 e. The molecule has 3 heteroatoms. The first-order valence-corrected chi connectivity index (χ1v) is 6.76. The molecule has 0 amide bonds. The predicted octanol–water partition coefficient (Wildman–Crippen LogP) is 3.61. The molecule has 0 saturated heterocycles. The molecule has 0 aliphatic heterocycles. The molecule has 2 nitrogen and oxygen atoms in total. The summed E-state index contributed by atoms with van der Waals surface area (Å²) >= 11 is 5.60. The highest BCUT2D eigenvalue weighted by atomic mass is 35.5. The molecule has 0 unspecified atom stereocenters. The van der Waals surface area contributed by atoms with Crippen LogP contribution in [0.3, 0.4) is 0 Å². The molecule has 1 aliphatic rings. The Morgan fingerprint density at radius 3 is 2.78 bits per heavy atom. The molecule has 0 radical (unpaired) electrons. The summed E-state index contributed by atoms with van der Waals surface area (Å²) in [6.07, 6.45) is 5.10. The summed E-state index contributed by atoms with van der Waals surface area (Å²) in [7, 11) is 1.64. The lowest BCUT2D eigenvalue weighted by Crippen LogP contribution is -2.11. The average molecular weight is 265 g/mol. The second kappa shape index (κ2) is 6.56. The molecule has 18 heavy (non-hydrogen) atoms. The molecule has 1 saturated carbocycles. The van der Waals surface area contributed by atoms with Gasteiger partial charge >= 0.3 is 0 Å². The van der Waals surface area contributed by atoms with Gasteiger partial charge in [0.15, 0.2) is 0 Å². The van der Waals surface area contributed by atoms with Crippen LogP contribution in [0.5, 0.6) is 11.5 Å². The van der Waals surface area contributed by atoms with E-state index >= 15 is 0 Å². The van der Waals surface area contributed by atoms with E-state index in [1.807, 2.05) is 18.2 Å². The predicted molar refractivity (Wildman–Crippen MR) is 73.5 cm³/mol. The summed E-state index contributed by atoms with van der Waals surface area (Å²) in [5, 5.41) is 0. The van der Waals surface area contributed by atoms with Crippen molar-refractivity contribution in [2.24, 2.45) is 0 Å². The molecule has 1 fully saturated rings. The Balaban J connectivity index is 2.20. The lowest BCUT2D eigenvalue weighted by molar-refractivity contribution is 0.209. The molecule has 2 rings (SSSR count). The summed E-state index contributed by atoms with van der Waals surface area (Å²) in [5.41, 5.74) is 0.849. The van der Waals surface area contributed by atoms with Crippen molar-refractivity contribution in [3.05, 3.63) is 23.8 Å². The molecule has 96 valence electrons. The number of rotatable bonds is 3. The highest BCUT2D eigenvalue weighted by Crippen LogP contribution is 2.28. The van der Waals surface area contributed by atoms with Crippen molar-refractivity contribution in [2.75, 3.05) is 13.0 Å². The summed E-state index contributed by atoms with van der Waals surface area (Å²) < 4.78 is 11.2. The summed E-state index contributed by atoms with van der Waals surface area (Å²) in [5.74, 6) is 7.82. The number of hydrogen-bond donors (Lipinski definition) is 0. The van der Waals surface area contributed by atoms with Gasteiger partial charge in [0.1, 0.15) is 11.5 Å². The van der Waals surface area contributed by atoms with Crippen LogP contribution in [0.15, 0.2) is 18.2 Å². The second-order valence-corrected chi connectivity index (χ2v) is 4.59. The van der Waals surface area contributed by atoms with Crippen LogP contribution in [-0.4, -0.2) is 19.1 Å². The van der Waals surface area contributed by atoms with Gasteiger partial charge in [0.25, 0.3) is 0 Å². The van der Waals surface area contributed by atoms with Crippen molar-refractivity contribution in [3.8, 4) is 23.3 Å². The van der Waals surface area contributed by atoms with Crippen LogP contribution < -0.4 is 9.47 Å². The van der Waals surface area contributed by atoms with Crippen molar-refractivity contribution in [3.63, 3.8) is 0 Å². The number of hydrogen-bond acceptors (Lipinski definition) is 2. The van der Waals surface area contributed by atoms with Gasteiger partial charge < -0.3 is 9.47 Å².